The van der Waals surface area contributed by atoms with E-state index in [0.29, 0.717) is 23.5 Å². The first kappa shape index (κ1) is 6.35. The first-order valence-electron chi connectivity index (χ1n) is 4.02. The second-order valence-corrected chi connectivity index (χ2v) is 3.54. The molecule has 1 unspecified atom stereocenters. The Labute approximate surface area is 61.0 Å². The molecule has 0 aromatic carbocycles. The van der Waals surface area contributed by atoms with Crippen molar-refractivity contribution >= 4 is 5.78 Å². The van der Waals surface area contributed by atoms with Gasteiger partial charge < -0.3 is 5.32 Å². The average Bonchev–Trinajstić information content (AvgIpc) is 2.41. The van der Waals surface area contributed by atoms with Crippen molar-refractivity contribution < 1.29 is 4.79 Å². The Morgan fingerprint density at radius 1 is 1.50 bits per heavy atom. The van der Waals surface area contributed by atoms with Crippen LogP contribution in [0, 0.1) is 17.8 Å². The van der Waals surface area contributed by atoms with Gasteiger partial charge in [0.1, 0.15) is 5.78 Å². The lowest BCUT2D eigenvalue weighted by Gasteiger charge is -2.09. The van der Waals surface area contributed by atoms with Gasteiger partial charge >= 0.3 is 0 Å². The Kier molecular flexibility index (Phi) is 1.31. The molecule has 1 aliphatic heterocycles. The Balaban J connectivity index is 2.16. The van der Waals surface area contributed by atoms with Gasteiger partial charge in [-0.05, 0) is 24.9 Å². The van der Waals surface area contributed by atoms with E-state index in [4.69, 9.17) is 0 Å². The van der Waals surface area contributed by atoms with Gasteiger partial charge in [0.05, 0.1) is 0 Å². The molecule has 1 aliphatic carbocycles. The molecule has 2 aliphatic rings. The van der Waals surface area contributed by atoms with Crippen molar-refractivity contribution in [3.63, 3.8) is 0 Å². The average molecular weight is 139 g/mol. The van der Waals surface area contributed by atoms with Crippen molar-refractivity contribution in [1.82, 2.24) is 5.32 Å². The van der Waals surface area contributed by atoms with E-state index in [1.807, 2.05) is 0 Å². The summed E-state index contributed by atoms with van der Waals surface area (Å²) in [7, 11) is 0. The predicted octanol–water partition coefficient (Wildman–Crippen LogP) is 0.431. The zero-order chi connectivity index (χ0) is 7.14. The molecule has 2 fully saturated rings. The van der Waals surface area contributed by atoms with Crippen molar-refractivity contribution in [3.8, 4) is 0 Å². The van der Waals surface area contributed by atoms with Gasteiger partial charge in [-0.3, -0.25) is 4.79 Å². The zero-order valence-corrected chi connectivity index (χ0v) is 6.26. The maximum absolute atomic E-state index is 11.2. The number of fused-ring (bicyclic) bond motifs is 1. The lowest BCUT2D eigenvalue weighted by Crippen LogP contribution is -2.17. The van der Waals surface area contributed by atoms with Gasteiger partial charge in [-0.2, -0.15) is 0 Å². The van der Waals surface area contributed by atoms with Gasteiger partial charge in [-0.1, -0.05) is 6.92 Å². The van der Waals surface area contributed by atoms with Crippen molar-refractivity contribution in [2.45, 2.75) is 13.3 Å². The molecule has 10 heavy (non-hydrogen) atoms. The van der Waals surface area contributed by atoms with E-state index in [2.05, 4.69) is 12.2 Å². The predicted molar refractivity (Wildman–Crippen MR) is 38.6 cm³/mol. The van der Waals surface area contributed by atoms with Gasteiger partial charge in [-0.15, -0.1) is 0 Å². The minimum atomic E-state index is 0.333. The first-order chi connectivity index (χ1) is 4.79. The van der Waals surface area contributed by atoms with Crippen LogP contribution in [0.3, 0.4) is 0 Å². The van der Waals surface area contributed by atoms with E-state index in [0.717, 1.165) is 19.5 Å². The standard InChI is InChI=1S/C8H13NO/c1-5-7-4-9-3-6(7)2-8(5)10/h5-7,9H,2-4H2,1H3/t5?,6-,7-/m1/s1. The van der Waals surface area contributed by atoms with E-state index >= 15 is 0 Å². The Hall–Kier alpha value is -0.370. The maximum Gasteiger partial charge on any atom is 0.136 e. The fourth-order valence-corrected chi connectivity index (χ4v) is 2.25. The molecule has 0 aromatic rings. The summed E-state index contributed by atoms with van der Waals surface area (Å²) < 4.78 is 0. The van der Waals surface area contributed by atoms with Crippen LogP contribution in [0.25, 0.3) is 0 Å². The highest BCUT2D eigenvalue weighted by atomic mass is 16.1. The number of carbonyl (C=O) groups excluding carboxylic acids is 1. The smallest absolute Gasteiger partial charge is 0.136 e. The number of nitrogens with one attached hydrogen (secondary N) is 1. The molecule has 0 radical (unpaired) electrons. The van der Waals surface area contributed by atoms with Gasteiger partial charge in [-0.25, -0.2) is 0 Å². The Morgan fingerprint density at radius 3 is 3.00 bits per heavy atom. The molecule has 0 spiro atoms. The molecule has 56 valence electrons. The van der Waals surface area contributed by atoms with Crippen LogP contribution in [0.2, 0.25) is 0 Å². The molecule has 2 nitrogen and oxygen atoms in total. The van der Waals surface area contributed by atoms with Crippen molar-refractivity contribution in [2.24, 2.45) is 17.8 Å². The van der Waals surface area contributed by atoms with Crippen LogP contribution in [0.15, 0.2) is 0 Å². The van der Waals surface area contributed by atoms with Crippen LogP contribution in [0.5, 0.6) is 0 Å². The third-order valence-electron chi connectivity index (χ3n) is 3.01. The number of hydrogen-bond acceptors (Lipinski definition) is 2. The summed E-state index contributed by atoms with van der Waals surface area (Å²) >= 11 is 0. The highest BCUT2D eigenvalue weighted by Crippen LogP contribution is 2.36. The summed E-state index contributed by atoms with van der Waals surface area (Å²) in [6.07, 6.45) is 0.832. The summed E-state index contributed by atoms with van der Waals surface area (Å²) in [6, 6.07) is 0. The molecular weight excluding hydrogens is 126 g/mol. The van der Waals surface area contributed by atoms with Crippen molar-refractivity contribution in [1.29, 1.82) is 0 Å². The third-order valence-corrected chi connectivity index (χ3v) is 3.01. The summed E-state index contributed by atoms with van der Waals surface area (Å²) in [5, 5.41) is 3.32. The first-order valence-corrected chi connectivity index (χ1v) is 4.02. The molecule has 1 saturated heterocycles. The highest BCUT2D eigenvalue weighted by Gasteiger charge is 2.41. The van der Waals surface area contributed by atoms with Gasteiger partial charge in [0.2, 0.25) is 0 Å². The van der Waals surface area contributed by atoms with E-state index in [1.165, 1.54) is 0 Å². The van der Waals surface area contributed by atoms with Crippen molar-refractivity contribution in [2.75, 3.05) is 13.1 Å². The molecule has 0 bridgehead atoms. The number of carbonyl (C=O) groups is 1. The van der Waals surface area contributed by atoms with Gasteiger partial charge in [0.25, 0.3) is 0 Å². The van der Waals surface area contributed by atoms with Crippen LogP contribution >= 0.6 is 0 Å². The number of Topliss-reactive ketones (excluding diaryl/α,β-unsaturated/α-hetero) is 1. The number of ketones is 1. The van der Waals surface area contributed by atoms with Crippen LogP contribution in [-0.4, -0.2) is 18.9 Å². The fourth-order valence-electron chi connectivity index (χ4n) is 2.25. The van der Waals surface area contributed by atoms with Crippen molar-refractivity contribution in [3.05, 3.63) is 0 Å². The molecule has 0 aromatic heterocycles. The third kappa shape index (κ3) is 0.717. The molecule has 2 rings (SSSR count). The summed E-state index contributed by atoms with van der Waals surface area (Å²) in [4.78, 5) is 11.2. The highest BCUT2D eigenvalue weighted by molar-refractivity contribution is 5.83. The van der Waals surface area contributed by atoms with E-state index < -0.39 is 0 Å². The minimum Gasteiger partial charge on any atom is -0.316 e. The van der Waals surface area contributed by atoms with Crippen LogP contribution in [0.4, 0.5) is 0 Å². The van der Waals surface area contributed by atoms with E-state index in [1.54, 1.807) is 0 Å². The number of hydrogen-bond donors (Lipinski definition) is 1. The van der Waals surface area contributed by atoms with Gasteiger partial charge in [0.15, 0.2) is 0 Å². The fraction of sp³-hybridized carbons (Fsp3) is 0.875. The second kappa shape index (κ2) is 2.06. The minimum absolute atomic E-state index is 0.333. The Bertz CT molecular complexity index is 167. The number of rotatable bonds is 0. The Morgan fingerprint density at radius 2 is 2.30 bits per heavy atom. The van der Waals surface area contributed by atoms with E-state index in [9.17, 15) is 4.79 Å². The molecule has 0 amide bonds. The summed E-state index contributed by atoms with van der Waals surface area (Å²) in [6.45, 7) is 4.21. The maximum atomic E-state index is 11.2. The molecule has 1 heterocycles. The molecule has 1 saturated carbocycles. The quantitative estimate of drug-likeness (QED) is 0.527. The normalized spacial score (nSPS) is 46.1. The lowest BCUT2D eigenvalue weighted by atomic mass is 9.94. The monoisotopic (exact) mass is 139 g/mol. The topological polar surface area (TPSA) is 29.1 Å². The van der Waals surface area contributed by atoms with Gasteiger partial charge in [0, 0.05) is 12.3 Å². The molecule has 2 heteroatoms. The van der Waals surface area contributed by atoms with Crippen LogP contribution in [-0.2, 0) is 4.79 Å². The second-order valence-electron chi connectivity index (χ2n) is 3.54. The van der Waals surface area contributed by atoms with Crippen LogP contribution in [0.1, 0.15) is 13.3 Å². The SMILES string of the molecule is CC1C(=O)C[C@@H]2CNC[C@H]12. The summed E-state index contributed by atoms with van der Waals surface area (Å²) in [5.41, 5.74) is 0. The lowest BCUT2D eigenvalue weighted by molar-refractivity contribution is -0.120. The van der Waals surface area contributed by atoms with Crippen LogP contribution < -0.4 is 5.32 Å². The van der Waals surface area contributed by atoms with E-state index in [-0.39, 0.29) is 0 Å². The summed E-state index contributed by atoms with van der Waals surface area (Å²) in [5.74, 6) is 2.14. The molecular formula is C8H13NO. The molecule has 3 atom stereocenters. The zero-order valence-electron chi connectivity index (χ0n) is 6.26. The largest absolute Gasteiger partial charge is 0.316 e. The molecule has 1 N–H and O–H groups in total.